The van der Waals surface area contributed by atoms with Crippen LogP contribution in [0.2, 0.25) is 0 Å². The Balaban J connectivity index is 1.37. The van der Waals surface area contributed by atoms with Crippen LogP contribution in [-0.4, -0.2) is 30.8 Å². The molecule has 0 saturated heterocycles. The lowest BCUT2D eigenvalue weighted by Crippen LogP contribution is -2.43. The summed E-state index contributed by atoms with van der Waals surface area (Å²) in [6, 6.07) is 29.2. The largest absolute Gasteiger partial charge is 0.508 e. The molecule has 4 aromatic carbocycles. The number of hydrogen-bond acceptors (Lipinski definition) is 5. The first-order chi connectivity index (χ1) is 18.6. The van der Waals surface area contributed by atoms with Crippen molar-refractivity contribution >= 4 is 0 Å². The Morgan fingerprint density at radius 1 is 0.789 bits per heavy atom. The summed E-state index contributed by atoms with van der Waals surface area (Å²) < 4.78 is 17.5. The van der Waals surface area contributed by atoms with E-state index in [9.17, 15) is 5.11 Å². The van der Waals surface area contributed by atoms with Crippen LogP contribution in [0.5, 0.6) is 23.0 Å². The van der Waals surface area contributed by atoms with Crippen molar-refractivity contribution in [2.45, 2.75) is 38.0 Å². The molecular weight excluding hydrogens is 474 g/mol. The number of rotatable bonds is 7. The highest BCUT2D eigenvalue weighted by Gasteiger charge is 2.39. The van der Waals surface area contributed by atoms with Gasteiger partial charge in [0.2, 0.25) is 0 Å². The van der Waals surface area contributed by atoms with Crippen LogP contribution in [-0.2, 0) is 25.9 Å². The lowest BCUT2D eigenvalue weighted by atomic mass is 9.79. The zero-order chi connectivity index (χ0) is 26.1. The Hall–Kier alpha value is -3.96. The van der Waals surface area contributed by atoms with Crippen molar-refractivity contribution in [1.29, 1.82) is 0 Å². The second-order valence-corrected chi connectivity index (χ2v) is 10.1. The van der Waals surface area contributed by atoms with Gasteiger partial charge in [0, 0.05) is 18.6 Å². The summed E-state index contributed by atoms with van der Waals surface area (Å²) in [6.45, 7) is 1.51. The predicted molar refractivity (Wildman–Crippen MR) is 148 cm³/mol. The molecule has 4 aromatic rings. The van der Waals surface area contributed by atoms with Gasteiger partial charge in [-0.15, -0.1) is 0 Å². The summed E-state index contributed by atoms with van der Waals surface area (Å²) >= 11 is 0. The average molecular weight is 508 g/mol. The predicted octanol–water partition coefficient (Wildman–Crippen LogP) is 6.43. The third kappa shape index (κ3) is 4.70. The van der Waals surface area contributed by atoms with Crippen LogP contribution in [0.4, 0.5) is 0 Å². The van der Waals surface area contributed by atoms with Crippen molar-refractivity contribution in [3.05, 3.63) is 118 Å². The van der Waals surface area contributed by atoms with Gasteiger partial charge in [-0.2, -0.15) is 0 Å². The molecule has 0 aromatic heterocycles. The monoisotopic (exact) mass is 507 g/mol. The smallest absolute Gasteiger partial charge is 0.161 e. The number of ether oxygens (including phenoxy) is 3. The minimum atomic E-state index is 0.190. The quantitative estimate of drug-likeness (QED) is 0.313. The highest BCUT2D eigenvalue weighted by Crippen LogP contribution is 2.48. The fraction of sp³-hybridized carbons (Fsp3) is 0.273. The minimum absolute atomic E-state index is 0.190. The second kappa shape index (κ2) is 10.4. The SMILES string of the molecule is COc1cc2c(cc1OC)[C@@H]1Cc3ccc(OCc4ccccc4)cc3[C@@H](Cc3ccc(O)cc3)N1CC2. The van der Waals surface area contributed by atoms with Crippen LogP contribution in [0.25, 0.3) is 0 Å². The number of phenolic OH excluding ortho intramolecular Hbond substituents is 1. The fourth-order valence-electron chi connectivity index (χ4n) is 6.02. The normalized spacial score (nSPS) is 18.2. The van der Waals surface area contributed by atoms with Crippen molar-refractivity contribution in [3.8, 4) is 23.0 Å². The maximum absolute atomic E-state index is 9.85. The van der Waals surface area contributed by atoms with E-state index < -0.39 is 0 Å². The number of fused-ring (bicyclic) bond motifs is 4. The van der Waals surface area contributed by atoms with Crippen LogP contribution >= 0.6 is 0 Å². The van der Waals surface area contributed by atoms with Gasteiger partial charge in [0.15, 0.2) is 11.5 Å². The van der Waals surface area contributed by atoms with E-state index in [1.807, 2.05) is 30.3 Å². The Kier molecular flexibility index (Phi) is 6.69. The van der Waals surface area contributed by atoms with Crippen LogP contribution in [0.1, 0.15) is 45.5 Å². The van der Waals surface area contributed by atoms with E-state index in [-0.39, 0.29) is 12.1 Å². The van der Waals surface area contributed by atoms with Crippen molar-refractivity contribution in [2.75, 3.05) is 20.8 Å². The van der Waals surface area contributed by atoms with Gasteiger partial charge < -0.3 is 19.3 Å². The van der Waals surface area contributed by atoms with Gasteiger partial charge in [-0.25, -0.2) is 0 Å². The van der Waals surface area contributed by atoms with Crippen molar-refractivity contribution in [3.63, 3.8) is 0 Å². The highest BCUT2D eigenvalue weighted by atomic mass is 16.5. The molecule has 194 valence electrons. The van der Waals surface area contributed by atoms with E-state index in [0.29, 0.717) is 12.4 Å². The Morgan fingerprint density at radius 3 is 2.32 bits per heavy atom. The number of benzene rings is 4. The molecule has 0 spiro atoms. The van der Waals surface area contributed by atoms with Crippen LogP contribution in [0.3, 0.4) is 0 Å². The molecule has 0 bridgehead atoms. The van der Waals surface area contributed by atoms with Gasteiger partial charge in [0.05, 0.1) is 14.2 Å². The molecular formula is C33H33NO4. The number of methoxy groups -OCH3 is 2. The Bertz CT molecular complexity index is 1420. The summed E-state index contributed by atoms with van der Waals surface area (Å²) in [4.78, 5) is 2.64. The van der Waals surface area contributed by atoms with Crippen LogP contribution in [0, 0.1) is 0 Å². The lowest BCUT2D eigenvalue weighted by molar-refractivity contribution is 0.106. The molecule has 1 N–H and O–H groups in total. The van der Waals surface area contributed by atoms with Gasteiger partial charge >= 0.3 is 0 Å². The molecule has 0 radical (unpaired) electrons. The molecule has 5 heteroatoms. The highest BCUT2D eigenvalue weighted by molar-refractivity contribution is 5.51. The molecule has 5 nitrogen and oxygen atoms in total. The van der Waals surface area contributed by atoms with E-state index in [4.69, 9.17) is 14.2 Å². The Labute approximate surface area is 224 Å². The molecule has 38 heavy (non-hydrogen) atoms. The number of phenols is 1. The molecule has 0 amide bonds. The van der Waals surface area contributed by atoms with E-state index in [1.165, 1.54) is 27.8 Å². The van der Waals surface area contributed by atoms with Crippen molar-refractivity contribution in [2.24, 2.45) is 0 Å². The fourth-order valence-corrected chi connectivity index (χ4v) is 6.02. The van der Waals surface area contributed by atoms with Crippen molar-refractivity contribution < 1.29 is 19.3 Å². The summed E-state index contributed by atoms with van der Waals surface area (Å²) in [5.41, 5.74) is 7.68. The zero-order valence-corrected chi connectivity index (χ0v) is 21.9. The van der Waals surface area contributed by atoms with Gasteiger partial charge in [-0.1, -0.05) is 48.5 Å². The molecule has 6 rings (SSSR count). The van der Waals surface area contributed by atoms with Gasteiger partial charge in [0.1, 0.15) is 18.1 Å². The zero-order valence-electron chi connectivity index (χ0n) is 21.9. The topological polar surface area (TPSA) is 51.2 Å². The van der Waals surface area contributed by atoms with Gasteiger partial charge in [-0.05, 0) is 89.0 Å². The first kappa shape index (κ1) is 24.4. The summed E-state index contributed by atoms with van der Waals surface area (Å²) in [5, 5.41) is 9.85. The van der Waals surface area contributed by atoms with Gasteiger partial charge in [-0.3, -0.25) is 4.90 Å². The van der Waals surface area contributed by atoms with Gasteiger partial charge in [0.25, 0.3) is 0 Å². The Morgan fingerprint density at radius 2 is 1.55 bits per heavy atom. The average Bonchev–Trinajstić information content (AvgIpc) is 2.96. The number of aromatic hydroxyl groups is 1. The van der Waals surface area contributed by atoms with E-state index in [0.717, 1.165) is 48.6 Å². The third-order valence-corrected chi connectivity index (χ3v) is 7.95. The van der Waals surface area contributed by atoms with Crippen LogP contribution in [0.15, 0.2) is 84.9 Å². The van der Waals surface area contributed by atoms with E-state index in [1.54, 1.807) is 26.4 Å². The number of nitrogens with zero attached hydrogens (tertiary/aromatic N) is 1. The summed E-state index contributed by atoms with van der Waals surface area (Å²) in [5.74, 6) is 2.75. The molecule has 2 aliphatic heterocycles. The minimum Gasteiger partial charge on any atom is -0.508 e. The number of hydrogen-bond donors (Lipinski definition) is 1. The standard InChI is InChI=1S/C33H33NO4/c1-36-32-18-25-14-15-34-30(16-22-8-11-26(35)12-9-22)28-19-27(38-21-23-6-4-3-5-7-23)13-10-24(28)17-31(34)29(25)20-33(32)37-2/h3-13,18-20,30-31,35H,14-17,21H2,1-2H3/t30-,31+/m1/s1. The molecule has 0 saturated carbocycles. The maximum atomic E-state index is 9.85. The molecule has 0 unspecified atom stereocenters. The molecule has 2 aliphatic rings. The summed E-state index contributed by atoms with van der Waals surface area (Å²) in [7, 11) is 3.40. The molecule has 0 fully saturated rings. The first-order valence-electron chi connectivity index (χ1n) is 13.2. The third-order valence-electron chi connectivity index (χ3n) is 7.95. The molecule has 0 aliphatic carbocycles. The first-order valence-corrected chi connectivity index (χ1v) is 13.2. The lowest BCUT2D eigenvalue weighted by Gasteiger charge is -2.47. The maximum Gasteiger partial charge on any atom is 0.161 e. The second-order valence-electron chi connectivity index (χ2n) is 10.1. The van der Waals surface area contributed by atoms with E-state index in [2.05, 4.69) is 47.4 Å². The molecule has 2 heterocycles. The van der Waals surface area contributed by atoms with Crippen molar-refractivity contribution in [1.82, 2.24) is 4.90 Å². The summed E-state index contributed by atoms with van der Waals surface area (Å²) in [6.07, 6.45) is 2.75. The van der Waals surface area contributed by atoms with E-state index >= 15 is 0 Å². The molecule has 2 atom stereocenters. The van der Waals surface area contributed by atoms with Crippen LogP contribution < -0.4 is 14.2 Å².